The third-order valence-corrected chi connectivity index (χ3v) is 4.81. The molecule has 1 aromatic carbocycles. The van der Waals surface area contributed by atoms with E-state index in [0.29, 0.717) is 18.6 Å². The van der Waals surface area contributed by atoms with Gasteiger partial charge in [0.15, 0.2) is 0 Å². The summed E-state index contributed by atoms with van der Waals surface area (Å²) >= 11 is 0. The van der Waals surface area contributed by atoms with Gasteiger partial charge in [-0.05, 0) is 55.9 Å². The molecule has 6 heteroatoms. The second-order valence-electron chi connectivity index (χ2n) is 6.97. The molecule has 2 N–H and O–H groups in total. The van der Waals surface area contributed by atoms with Gasteiger partial charge in [-0.1, -0.05) is 24.3 Å². The number of hydrogen-bond donors (Lipinski definition) is 2. The van der Waals surface area contributed by atoms with E-state index in [1.165, 1.54) is 24.3 Å². The number of ether oxygens (including phenoxy) is 1. The lowest BCUT2D eigenvalue weighted by atomic mass is 9.90. The first-order chi connectivity index (χ1) is 13.5. The van der Waals surface area contributed by atoms with Crippen molar-refractivity contribution < 1.29 is 28.9 Å². The Morgan fingerprint density at radius 3 is 2.68 bits per heavy atom. The van der Waals surface area contributed by atoms with Crippen molar-refractivity contribution in [2.24, 2.45) is 11.8 Å². The lowest BCUT2D eigenvalue weighted by molar-refractivity contribution is -0.136. The van der Waals surface area contributed by atoms with Crippen LogP contribution < -0.4 is 4.74 Å². The van der Waals surface area contributed by atoms with E-state index in [1.807, 2.05) is 18.2 Å². The normalized spacial score (nSPS) is 20.9. The minimum Gasteiger partial charge on any atom is -0.491 e. The second kappa shape index (κ2) is 11.4. The van der Waals surface area contributed by atoms with Crippen LogP contribution >= 0.6 is 0 Å². The van der Waals surface area contributed by atoms with Crippen LogP contribution in [0, 0.1) is 17.7 Å². The van der Waals surface area contributed by atoms with Gasteiger partial charge in [0.05, 0.1) is 0 Å². The van der Waals surface area contributed by atoms with E-state index < -0.39 is 12.1 Å². The first-order valence-corrected chi connectivity index (χ1v) is 9.60. The van der Waals surface area contributed by atoms with Crippen LogP contribution in [-0.2, 0) is 9.59 Å². The molecule has 0 saturated heterocycles. The maximum Gasteiger partial charge on any atom is 0.303 e. The maximum atomic E-state index is 12.9. The number of rotatable bonds is 11. The summed E-state index contributed by atoms with van der Waals surface area (Å²) < 4.78 is 18.3. The van der Waals surface area contributed by atoms with Crippen LogP contribution in [0.15, 0.2) is 48.6 Å². The fourth-order valence-corrected chi connectivity index (χ4v) is 3.30. The number of benzene rings is 1. The van der Waals surface area contributed by atoms with E-state index in [0.717, 1.165) is 19.3 Å². The molecule has 28 heavy (non-hydrogen) atoms. The summed E-state index contributed by atoms with van der Waals surface area (Å²) in [6.45, 7) is 0.0553. The SMILES string of the molecule is O=C(O)CCC=CCC[C@@H]1C(=O)CC[C@@H]1C=CC(O)COc1ccc(F)cc1. The van der Waals surface area contributed by atoms with Gasteiger partial charge in [-0.25, -0.2) is 4.39 Å². The number of Topliss-reactive ketones (excluding diaryl/α,β-unsaturated/α-hetero) is 1. The Labute approximate surface area is 164 Å². The fourth-order valence-electron chi connectivity index (χ4n) is 3.30. The highest BCUT2D eigenvalue weighted by Gasteiger charge is 2.32. The van der Waals surface area contributed by atoms with Gasteiger partial charge in [0.1, 0.15) is 30.1 Å². The predicted molar refractivity (Wildman–Crippen MR) is 104 cm³/mol. The zero-order valence-corrected chi connectivity index (χ0v) is 15.8. The minimum atomic E-state index is -0.817. The molecule has 0 amide bonds. The van der Waals surface area contributed by atoms with E-state index >= 15 is 0 Å². The van der Waals surface area contributed by atoms with Crippen LogP contribution in [0.4, 0.5) is 4.39 Å². The minimum absolute atomic E-state index is 0.0553. The van der Waals surface area contributed by atoms with Gasteiger partial charge in [-0.3, -0.25) is 9.59 Å². The number of halogens is 1. The molecule has 1 unspecified atom stereocenters. The fraction of sp³-hybridized carbons (Fsp3) is 0.455. The quantitative estimate of drug-likeness (QED) is 0.560. The molecule has 152 valence electrons. The lowest BCUT2D eigenvalue weighted by Crippen LogP contribution is -2.17. The molecule has 0 aliphatic heterocycles. The Kier molecular flexibility index (Phi) is 8.88. The molecule has 2 rings (SSSR count). The first kappa shape index (κ1) is 21.8. The number of hydrogen-bond acceptors (Lipinski definition) is 4. The highest BCUT2D eigenvalue weighted by atomic mass is 19.1. The molecular weight excluding hydrogens is 363 g/mol. The van der Waals surface area contributed by atoms with Crippen molar-refractivity contribution in [3.8, 4) is 5.75 Å². The van der Waals surface area contributed by atoms with Crippen LogP contribution in [0.2, 0.25) is 0 Å². The number of allylic oxidation sites excluding steroid dienone is 3. The van der Waals surface area contributed by atoms with Crippen LogP contribution in [0.25, 0.3) is 0 Å². The van der Waals surface area contributed by atoms with E-state index in [9.17, 15) is 19.1 Å². The highest BCUT2D eigenvalue weighted by molar-refractivity contribution is 5.83. The molecule has 1 aromatic rings. The largest absolute Gasteiger partial charge is 0.491 e. The van der Waals surface area contributed by atoms with Crippen LogP contribution in [0.1, 0.15) is 38.5 Å². The third kappa shape index (κ3) is 7.64. The molecule has 0 radical (unpaired) electrons. The third-order valence-electron chi connectivity index (χ3n) is 4.81. The average molecular weight is 390 g/mol. The molecule has 3 atom stereocenters. The van der Waals surface area contributed by atoms with Crippen molar-refractivity contribution in [2.75, 3.05) is 6.61 Å². The average Bonchev–Trinajstić information content (AvgIpc) is 3.02. The number of aliphatic hydroxyl groups excluding tert-OH is 1. The molecule has 5 nitrogen and oxygen atoms in total. The van der Waals surface area contributed by atoms with E-state index in [1.54, 1.807) is 6.08 Å². The Morgan fingerprint density at radius 1 is 1.25 bits per heavy atom. The van der Waals surface area contributed by atoms with Gasteiger partial charge in [-0.2, -0.15) is 0 Å². The summed E-state index contributed by atoms with van der Waals surface area (Å²) in [6, 6.07) is 5.59. The molecule has 0 spiro atoms. The molecular formula is C22H27FO5. The maximum absolute atomic E-state index is 12.9. The van der Waals surface area contributed by atoms with Crippen LogP contribution in [0.3, 0.4) is 0 Å². The van der Waals surface area contributed by atoms with E-state index in [4.69, 9.17) is 9.84 Å². The molecule has 1 aliphatic carbocycles. The first-order valence-electron chi connectivity index (χ1n) is 9.60. The molecule has 0 bridgehead atoms. The molecule has 0 heterocycles. The van der Waals surface area contributed by atoms with Crippen molar-refractivity contribution in [2.45, 2.75) is 44.6 Å². The molecule has 1 aliphatic rings. The van der Waals surface area contributed by atoms with Crippen molar-refractivity contribution in [3.63, 3.8) is 0 Å². The second-order valence-corrected chi connectivity index (χ2v) is 6.97. The predicted octanol–water partition coefficient (Wildman–Crippen LogP) is 3.92. The zero-order valence-electron chi connectivity index (χ0n) is 15.8. The highest BCUT2D eigenvalue weighted by Crippen LogP contribution is 2.33. The summed E-state index contributed by atoms with van der Waals surface area (Å²) in [5, 5.41) is 18.7. The van der Waals surface area contributed by atoms with E-state index in [-0.39, 0.29) is 36.5 Å². The number of carbonyl (C=O) groups excluding carboxylic acids is 1. The summed E-state index contributed by atoms with van der Waals surface area (Å²) in [4.78, 5) is 22.6. The number of aliphatic hydroxyl groups is 1. The summed E-state index contributed by atoms with van der Waals surface area (Å²) in [5.41, 5.74) is 0. The summed E-state index contributed by atoms with van der Waals surface area (Å²) in [7, 11) is 0. The van der Waals surface area contributed by atoms with Gasteiger partial charge >= 0.3 is 5.97 Å². The molecule has 0 aromatic heterocycles. The Balaban J connectivity index is 1.76. The number of aliphatic carboxylic acids is 1. The zero-order chi connectivity index (χ0) is 20.4. The van der Waals surface area contributed by atoms with Crippen molar-refractivity contribution in [1.29, 1.82) is 0 Å². The summed E-state index contributed by atoms with van der Waals surface area (Å²) in [5.74, 6) is -0.404. The van der Waals surface area contributed by atoms with Gasteiger partial charge < -0.3 is 14.9 Å². The monoisotopic (exact) mass is 390 g/mol. The number of carboxylic acids is 1. The molecule has 1 saturated carbocycles. The van der Waals surface area contributed by atoms with Gasteiger partial charge in [0.2, 0.25) is 0 Å². The number of ketones is 1. The van der Waals surface area contributed by atoms with Gasteiger partial charge in [-0.15, -0.1) is 0 Å². The van der Waals surface area contributed by atoms with Gasteiger partial charge in [0, 0.05) is 18.8 Å². The Hall–Kier alpha value is -2.47. The van der Waals surface area contributed by atoms with Crippen molar-refractivity contribution >= 4 is 11.8 Å². The van der Waals surface area contributed by atoms with Gasteiger partial charge in [0.25, 0.3) is 0 Å². The van der Waals surface area contributed by atoms with Crippen LogP contribution in [0.5, 0.6) is 5.75 Å². The Morgan fingerprint density at radius 2 is 1.96 bits per heavy atom. The van der Waals surface area contributed by atoms with Crippen LogP contribution in [-0.4, -0.2) is 34.7 Å². The lowest BCUT2D eigenvalue weighted by Gasteiger charge is -2.15. The number of carboxylic acid groups (broad SMARTS) is 1. The summed E-state index contributed by atoms with van der Waals surface area (Å²) in [6.07, 6.45) is 9.90. The van der Waals surface area contributed by atoms with Crippen molar-refractivity contribution in [1.82, 2.24) is 0 Å². The molecule has 1 fully saturated rings. The number of carbonyl (C=O) groups is 2. The smallest absolute Gasteiger partial charge is 0.303 e. The van der Waals surface area contributed by atoms with E-state index in [2.05, 4.69) is 0 Å². The topological polar surface area (TPSA) is 83.8 Å². The standard InChI is InChI=1S/C22H27FO5/c23-17-9-12-19(13-10-17)28-15-18(24)11-7-16-8-14-21(25)20(16)5-3-1-2-4-6-22(26)27/h1-2,7,9-13,16,18,20,24H,3-6,8,14-15H2,(H,26,27)/t16-,18?,20-/m0/s1. The Bertz CT molecular complexity index is 695. The van der Waals surface area contributed by atoms with Crippen molar-refractivity contribution in [3.05, 3.63) is 54.4 Å².